The summed E-state index contributed by atoms with van der Waals surface area (Å²) in [5, 5.41) is 17.3. The van der Waals surface area contributed by atoms with Gasteiger partial charge in [-0.15, -0.1) is 21.5 Å². The first kappa shape index (κ1) is 35.2. The van der Waals surface area contributed by atoms with Crippen LogP contribution in [0, 0.1) is 0 Å². The smallest absolute Gasteiger partial charge is 0.325 e. The molecule has 0 saturated carbocycles. The van der Waals surface area contributed by atoms with Crippen molar-refractivity contribution in [3.05, 3.63) is 138 Å². The summed E-state index contributed by atoms with van der Waals surface area (Å²) in [7, 11) is 0. The van der Waals surface area contributed by atoms with Crippen molar-refractivity contribution in [1.82, 2.24) is 19.7 Å². The van der Waals surface area contributed by atoms with E-state index in [1.165, 1.54) is 41.3 Å². The fourth-order valence-electron chi connectivity index (χ4n) is 5.62. The number of hydrogen-bond acceptors (Lipinski definition) is 8. The Bertz CT molecular complexity index is 2370. The molecule has 8 nitrogen and oxygen atoms in total. The number of rotatable bonds is 12. The van der Waals surface area contributed by atoms with E-state index in [2.05, 4.69) is 66.8 Å². The van der Waals surface area contributed by atoms with Crippen LogP contribution in [0.15, 0.2) is 125 Å². The van der Waals surface area contributed by atoms with Crippen LogP contribution in [0.25, 0.3) is 21.0 Å². The summed E-state index contributed by atoms with van der Waals surface area (Å²) in [5.74, 6) is -0.00656. The topological polar surface area (TPSA) is 102 Å². The van der Waals surface area contributed by atoms with E-state index in [1.54, 1.807) is 18.2 Å². The predicted molar refractivity (Wildman–Crippen MR) is 202 cm³/mol. The van der Waals surface area contributed by atoms with E-state index in [4.69, 9.17) is 0 Å². The summed E-state index contributed by atoms with van der Waals surface area (Å²) in [6.07, 6.45) is -4.00. The van der Waals surface area contributed by atoms with E-state index in [1.807, 2.05) is 36.4 Å². The third kappa shape index (κ3) is 8.47. The maximum atomic E-state index is 13.3. The van der Waals surface area contributed by atoms with Crippen LogP contribution in [0.4, 0.5) is 24.5 Å². The zero-order valence-electron chi connectivity index (χ0n) is 27.3. The Balaban J connectivity index is 0.991. The number of para-hydroxylation sites is 1. The number of carbonyl (C=O) groups excluding carboxylic acids is 2. The molecule has 14 heteroatoms. The first-order chi connectivity index (χ1) is 25.2. The third-order valence-electron chi connectivity index (χ3n) is 8.02. The number of hydrogen-bond donors (Lipinski definition) is 2. The van der Waals surface area contributed by atoms with Gasteiger partial charge in [-0.05, 0) is 52.2 Å². The van der Waals surface area contributed by atoms with Crippen LogP contribution in [-0.4, -0.2) is 43.1 Å². The molecule has 0 bridgehead atoms. The predicted octanol–water partition coefficient (Wildman–Crippen LogP) is 9.16. The summed E-state index contributed by atoms with van der Waals surface area (Å²) in [4.78, 5) is 30.1. The monoisotopic (exact) mass is 754 g/mol. The second kappa shape index (κ2) is 15.6. The number of thioether (sulfide) groups is 2. The standard InChI is InChI=1S/C38H29F3N6O2S3/c39-38(40,41)29-15-6-7-16-30(29)43-35(49)23-51-37-44-31-18-17-27(20-32(31)52-37)42-34(48)22-50-36-46-45-33(47(36)21-24-9-2-1-3-10-24)19-26-13-8-12-25-11-4-5-14-28(25)26/h1-18,20H,19,21-23H2,(H,42,48)(H,43,49). The third-order valence-corrected chi connectivity index (χ3v) is 11.2. The Labute approximate surface area is 308 Å². The molecule has 7 aromatic rings. The number of fused-ring (bicyclic) bond motifs is 2. The largest absolute Gasteiger partial charge is 0.418 e. The number of nitrogens with zero attached hydrogens (tertiary/aromatic N) is 4. The van der Waals surface area contributed by atoms with Crippen molar-refractivity contribution in [2.75, 3.05) is 22.1 Å². The number of nitrogens with one attached hydrogen (secondary N) is 2. The average Bonchev–Trinajstić information content (AvgIpc) is 3.73. The van der Waals surface area contributed by atoms with Crippen LogP contribution in [-0.2, 0) is 28.7 Å². The van der Waals surface area contributed by atoms with Gasteiger partial charge in [0.15, 0.2) is 9.50 Å². The number of benzene rings is 5. The zero-order chi connectivity index (χ0) is 36.1. The lowest BCUT2D eigenvalue weighted by Gasteiger charge is -2.13. The molecule has 2 amide bonds. The molecule has 0 aliphatic carbocycles. The second-order valence-electron chi connectivity index (χ2n) is 11.7. The SMILES string of the molecule is O=C(CSc1nnc(Cc2cccc3ccccc23)n1Cc1ccccc1)Nc1ccc2nc(SCC(=O)Nc3ccccc3C(F)(F)F)sc2c1. The molecule has 0 saturated heterocycles. The molecule has 2 aromatic heterocycles. The number of alkyl halides is 3. The molecule has 262 valence electrons. The summed E-state index contributed by atoms with van der Waals surface area (Å²) < 4.78 is 43.3. The lowest BCUT2D eigenvalue weighted by Crippen LogP contribution is -2.18. The van der Waals surface area contributed by atoms with Gasteiger partial charge in [-0.25, -0.2) is 4.98 Å². The number of halogens is 3. The fourth-order valence-corrected chi connectivity index (χ4v) is 8.29. The maximum absolute atomic E-state index is 13.3. The molecular weight excluding hydrogens is 726 g/mol. The molecular formula is C38H29F3N6O2S3. The van der Waals surface area contributed by atoms with E-state index >= 15 is 0 Å². The van der Waals surface area contributed by atoms with Crippen molar-refractivity contribution in [1.29, 1.82) is 0 Å². The molecule has 7 rings (SSSR count). The molecule has 5 aromatic carbocycles. The van der Waals surface area contributed by atoms with Gasteiger partial charge in [0.05, 0.1) is 39.5 Å². The minimum Gasteiger partial charge on any atom is -0.325 e. The first-order valence-corrected chi connectivity index (χ1v) is 18.8. The van der Waals surface area contributed by atoms with E-state index in [9.17, 15) is 22.8 Å². The van der Waals surface area contributed by atoms with Crippen molar-refractivity contribution in [2.45, 2.75) is 28.6 Å². The minimum absolute atomic E-state index is 0.107. The number of carbonyl (C=O) groups is 2. The van der Waals surface area contributed by atoms with Crippen LogP contribution in [0.3, 0.4) is 0 Å². The molecule has 0 spiro atoms. The van der Waals surface area contributed by atoms with E-state index in [-0.39, 0.29) is 23.1 Å². The normalized spacial score (nSPS) is 11.6. The van der Waals surface area contributed by atoms with Crippen LogP contribution >= 0.6 is 34.9 Å². The lowest BCUT2D eigenvalue weighted by atomic mass is 10.0. The second-order valence-corrected chi connectivity index (χ2v) is 14.9. The van der Waals surface area contributed by atoms with Crippen molar-refractivity contribution >= 4 is 79.0 Å². The first-order valence-electron chi connectivity index (χ1n) is 16.0. The van der Waals surface area contributed by atoms with Gasteiger partial charge >= 0.3 is 6.18 Å². The molecule has 2 N–H and O–H groups in total. The zero-order valence-corrected chi connectivity index (χ0v) is 29.7. The molecule has 0 aliphatic heterocycles. The van der Waals surface area contributed by atoms with Gasteiger partial charge in [0.2, 0.25) is 11.8 Å². The van der Waals surface area contributed by atoms with Crippen LogP contribution in [0.5, 0.6) is 0 Å². The number of thiazole rings is 1. The van der Waals surface area contributed by atoms with Crippen LogP contribution < -0.4 is 10.6 Å². The van der Waals surface area contributed by atoms with Crippen LogP contribution in [0.2, 0.25) is 0 Å². The van der Waals surface area contributed by atoms with E-state index in [0.717, 1.165) is 50.3 Å². The number of amides is 2. The summed E-state index contributed by atoms with van der Waals surface area (Å²) >= 11 is 3.76. The molecule has 0 fully saturated rings. The Hall–Kier alpha value is -5.18. The van der Waals surface area contributed by atoms with Gasteiger partial charge in [0.25, 0.3) is 0 Å². The van der Waals surface area contributed by atoms with Gasteiger partial charge in [-0.3, -0.25) is 9.59 Å². The van der Waals surface area contributed by atoms with E-state index < -0.39 is 17.6 Å². The summed E-state index contributed by atoms with van der Waals surface area (Å²) in [6, 6.07) is 34.7. The Morgan fingerprint density at radius 1 is 0.769 bits per heavy atom. The number of anilines is 2. The van der Waals surface area contributed by atoms with Gasteiger partial charge in [0, 0.05) is 12.1 Å². The Morgan fingerprint density at radius 2 is 1.50 bits per heavy atom. The van der Waals surface area contributed by atoms with Gasteiger partial charge in [-0.1, -0.05) is 108 Å². The Morgan fingerprint density at radius 3 is 2.35 bits per heavy atom. The van der Waals surface area contributed by atoms with Crippen molar-refractivity contribution in [3.63, 3.8) is 0 Å². The highest BCUT2D eigenvalue weighted by Crippen LogP contribution is 2.35. The van der Waals surface area contributed by atoms with Gasteiger partial charge in [0.1, 0.15) is 5.82 Å². The van der Waals surface area contributed by atoms with Crippen molar-refractivity contribution in [3.8, 4) is 0 Å². The molecule has 0 aliphatic rings. The highest BCUT2D eigenvalue weighted by Gasteiger charge is 2.33. The average molecular weight is 755 g/mol. The molecule has 0 atom stereocenters. The molecule has 52 heavy (non-hydrogen) atoms. The Kier molecular flexibility index (Phi) is 10.6. The quantitative estimate of drug-likeness (QED) is 0.120. The highest BCUT2D eigenvalue weighted by molar-refractivity contribution is 8.01. The molecule has 2 heterocycles. The lowest BCUT2D eigenvalue weighted by molar-refractivity contribution is -0.137. The molecule has 0 unspecified atom stereocenters. The minimum atomic E-state index is -4.58. The maximum Gasteiger partial charge on any atom is 0.418 e. The van der Waals surface area contributed by atoms with Gasteiger partial charge in [-0.2, -0.15) is 13.2 Å². The highest BCUT2D eigenvalue weighted by atomic mass is 32.2. The molecule has 0 radical (unpaired) electrons. The summed E-state index contributed by atoms with van der Waals surface area (Å²) in [5.41, 5.74) is 2.30. The fraction of sp³-hybridized carbons (Fsp3) is 0.132. The van der Waals surface area contributed by atoms with Crippen LogP contribution in [0.1, 0.15) is 22.5 Å². The van der Waals surface area contributed by atoms with Crippen molar-refractivity contribution < 1.29 is 22.8 Å². The van der Waals surface area contributed by atoms with Gasteiger partial charge < -0.3 is 15.2 Å². The van der Waals surface area contributed by atoms with E-state index in [0.29, 0.717) is 33.7 Å². The summed E-state index contributed by atoms with van der Waals surface area (Å²) in [6.45, 7) is 0.558. The van der Waals surface area contributed by atoms with Crippen molar-refractivity contribution in [2.24, 2.45) is 0 Å². The number of aromatic nitrogens is 4.